The summed E-state index contributed by atoms with van der Waals surface area (Å²) in [6, 6.07) is 0. The number of hydrogen-bond donors (Lipinski definition) is 1. The summed E-state index contributed by atoms with van der Waals surface area (Å²) in [6.07, 6.45) is 4.27. The van der Waals surface area contributed by atoms with Gasteiger partial charge in [0.05, 0.1) is 0 Å². The third-order valence-electron chi connectivity index (χ3n) is 3.95. The van der Waals surface area contributed by atoms with Crippen LogP contribution in [0.3, 0.4) is 0 Å². The zero-order valence-corrected chi connectivity index (χ0v) is 5.51. The van der Waals surface area contributed by atoms with Crippen LogP contribution >= 0.6 is 0 Å². The average molecular weight is 124 g/mol. The van der Waals surface area contributed by atoms with Gasteiger partial charge in [0.1, 0.15) is 0 Å². The number of aliphatic hydroxyl groups is 1. The van der Waals surface area contributed by atoms with Crippen molar-refractivity contribution in [3.05, 3.63) is 0 Å². The molecular formula is C8H12O. The SMILES string of the molecule is OCC12C3CCCC1C32. The van der Waals surface area contributed by atoms with Gasteiger partial charge in [0.25, 0.3) is 0 Å². The molecule has 0 amide bonds. The lowest BCUT2D eigenvalue weighted by atomic mass is 9.83. The minimum atomic E-state index is 0.493. The molecule has 0 bridgehead atoms. The molecule has 3 saturated carbocycles. The van der Waals surface area contributed by atoms with Crippen LogP contribution in [0.4, 0.5) is 0 Å². The molecule has 1 heteroatoms. The van der Waals surface area contributed by atoms with Crippen molar-refractivity contribution >= 4 is 0 Å². The molecule has 9 heavy (non-hydrogen) atoms. The van der Waals surface area contributed by atoms with E-state index in [4.69, 9.17) is 5.11 Å². The summed E-state index contributed by atoms with van der Waals surface area (Å²) >= 11 is 0. The Bertz CT molecular complexity index is 142. The van der Waals surface area contributed by atoms with E-state index in [0.29, 0.717) is 12.0 Å². The molecule has 0 spiro atoms. The lowest BCUT2D eigenvalue weighted by molar-refractivity contribution is 0.168. The Balaban J connectivity index is 1.88. The van der Waals surface area contributed by atoms with Crippen molar-refractivity contribution in [3.63, 3.8) is 0 Å². The first kappa shape index (κ1) is 4.73. The molecule has 0 aromatic heterocycles. The second-order valence-electron chi connectivity index (χ2n) is 3.94. The van der Waals surface area contributed by atoms with Gasteiger partial charge in [-0.15, -0.1) is 0 Å². The Morgan fingerprint density at radius 3 is 2.33 bits per heavy atom. The summed E-state index contributed by atoms with van der Waals surface area (Å²) in [5.74, 6) is 2.94. The molecule has 1 nitrogen and oxygen atoms in total. The molecule has 50 valence electrons. The predicted molar refractivity (Wildman–Crippen MR) is 33.8 cm³/mol. The monoisotopic (exact) mass is 124 g/mol. The molecule has 0 aliphatic heterocycles. The van der Waals surface area contributed by atoms with Crippen LogP contribution in [-0.2, 0) is 0 Å². The maximum absolute atomic E-state index is 9.01. The Morgan fingerprint density at radius 1 is 1.33 bits per heavy atom. The summed E-state index contributed by atoms with van der Waals surface area (Å²) in [5, 5.41) is 9.01. The van der Waals surface area contributed by atoms with Crippen molar-refractivity contribution in [1.29, 1.82) is 0 Å². The van der Waals surface area contributed by atoms with Gasteiger partial charge in [-0.2, -0.15) is 0 Å². The number of rotatable bonds is 1. The van der Waals surface area contributed by atoms with Crippen molar-refractivity contribution in [3.8, 4) is 0 Å². The Hall–Kier alpha value is -0.0400. The van der Waals surface area contributed by atoms with Crippen molar-refractivity contribution in [2.24, 2.45) is 23.2 Å². The summed E-state index contributed by atoms with van der Waals surface area (Å²) in [4.78, 5) is 0. The van der Waals surface area contributed by atoms with Crippen LogP contribution in [0.5, 0.6) is 0 Å². The highest BCUT2D eigenvalue weighted by atomic mass is 16.3. The van der Waals surface area contributed by atoms with Crippen LogP contribution in [0.25, 0.3) is 0 Å². The highest BCUT2D eigenvalue weighted by molar-refractivity contribution is 5.32. The number of aliphatic hydroxyl groups excluding tert-OH is 1. The van der Waals surface area contributed by atoms with Crippen molar-refractivity contribution < 1.29 is 5.11 Å². The molecule has 1 N–H and O–H groups in total. The van der Waals surface area contributed by atoms with Gasteiger partial charge >= 0.3 is 0 Å². The van der Waals surface area contributed by atoms with Crippen molar-refractivity contribution in [2.45, 2.75) is 19.3 Å². The van der Waals surface area contributed by atoms with E-state index in [1.807, 2.05) is 0 Å². The fraction of sp³-hybridized carbons (Fsp3) is 1.00. The summed E-state index contributed by atoms with van der Waals surface area (Å²) in [6.45, 7) is 0.493. The number of hydrogen-bond acceptors (Lipinski definition) is 1. The average Bonchev–Trinajstić information content (AvgIpc) is 2.76. The smallest absolute Gasteiger partial charge is 0.0495 e. The quantitative estimate of drug-likeness (QED) is 0.553. The Labute approximate surface area is 55.1 Å². The van der Waals surface area contributed by atoms with Gasteiger partial charge < -0.3 is 5.11 Å². The van der Waals surface area contributed by atoms with Crippen LogP contribution in [0, 0.1) is 23.2 Å². The first-order chi connectivity index (χ1) is 4.41. The fourth-order valence-electron chi connectivity index (χ4n) is 3.38. The van der Waals surface area contributed by atoms with Gasteiger partial charge in [-0.05, 0) is 30.6 Å². The van der Waals surface area contributed by atoms with Gasteiger partial charge in [0.15, 0.2) is 0 Å². The lowest BCUT2D eigenvalue weighted by Crippen LogP contribution is -2.17. The van der Waals surface area contributed by atoms with Gasteiger partial charge in [0, 0.05) is 12.0 Å². The Kier molecular flexibility index (Phi) is 0.563. The van der Waals surface area contributed by atoms with E-state index >= 15 is 0 Å². The van der Waals surface area contributed by atoms with E-state index in [0.717, 1.165) is 17.8 Å². The zero-order chi connectivity index (χ0) is 6.06. The molecule has 2 atom stereocenters. The normalized spacial score (nSPS) is 67.0. The highest BCUT2D eigenvalue weighted by Crippen LogP contribution is 2.88. The van der Waals surface area contributed by atoms with Gasteiger partial charge in [-0.25, -0.2) is 0 Å². The molecule has 0 saturated heterocycles. The molecule has 3 aliphatic carbocycles. The van der Waals surface area contributed by atoms with E-state index in [-0.39, 0.29) is 0 Å². The molecule has 3 aliphatic rings. The summed E-state index contributed by atoms with van der Waals surface area (Å²) < 4.78 is 0. The molecule has 0 radical (unpaired) electrons. The largest absolute Gasteiger partial charge is 0.396 e. The lowest BCUT2D eigenvalue weighted by Gasteiger charge is -2.23. The maximum Gasteiger partial charge on any atom is 0.0495 e. The molecule has 0 aromatic carbocycles. The zero-order valence-electron chi connectivity index (χ0n) is 5.51. The van der Waals surface area contributed by atoms with E-state index < -0.39 is 0 Å². The first-order valence-corrected chi connectivity index (χ1v) is 4.02. The van der Waals surface area contributed by atoms with E-state index in [1.54, 1.807) is 0 Å². The Morgan fingerprint density at radius 2 is 2.00 bits per heavy atom. The van der Waals surface area contributed by atoms with Crippen molar-refractivity contribution in [2.75, 3.05) is 6.61 Å². The van der Waals surface area contributed by atoms with E-state index in [9.17, 15) is 0 Å². The highest BCUT2D eigenvalue weighted by Gasteiger charge is 2.85. The standard InChI is InChI=1S/C8H12O/c9-4-8-5-2-1-3-6(8)7(5)8/h5-7,9H,1-4H2. The van der Waals surface area contributed by atoms with Crippen molar-refractivity contribution in [1.82, 2.24) is 0 Å². The summed E-state index contributed by atoms with van der Waals surface area (Å²) in [7, 11) is 0. The predicted octanol–water partition coefficient (Wildman–Crippen LogP) is 1.02. The molecule has 3 rings (SSSR count). The van der Waals surface area contributed by atoms with Gasteiger partial charge in [0.2, 0.25) is 0 Å². The first-order valence-electron chi connectivity index (χ1n) is 4.02. The third kappa shape index (κ3) is 0.295. The number of fused-ring (bicyclic) bond motifs is 2. The van der Waals surface area contributed by atoms with Gasteiger partial charge in [-0.3, -0.25) is 0 Å². The topological polar surface area (TPSA) is 20.2 Å². The molecule has 2 unspecified atom stereocenters. The second kappa shape index (κ2) is 1.07. The minimum absolute atomic E-state index is 0.493. The fourth-order valence-corrected chi connectivity index (χ4v) is 3.38. The minimum Gasteiger partial charge on any atom is -0.396 e. The van der Waals surface area contributed by atoms with Crippen LogP contribution in [0.15, 0.2) is 0 Å². The van der Waals surface area contributed by atoms with Crippen LogP contribution in [-0.4, -0.2) is 11.7 Å². The van der Waals surface area contributed by atoms with Gasteiger partial charge in [-0.1, -0.05) is 6.42 Å². The van der Waals surface area contributed by atoms with E-state index in [1.165, 1.54) is 19.3 Å². The summed E-state index contributed by atoms with van der Waals surface area (Å²) in [5.41, 5.74) is 0.526. The van der Waals surface area contributed by atoms with Crippen LogP contribution < -0.4 is 0 Å². The van der Waals surface area contributed by atoms with Crippen LogP contribution in [0.1, 0.15) is 19.3 Å². The molecule has 0 heterocycles. The second-order valence-corrected chi connectivity index (χ2v) is 3.94. The molecule has 3 fully saturated rings. The van der Waals surface area contributed by atoms with Crippen LogP contribution in [0.2, 0.25) is 0 Å². The molecular weight excluding hydrogens is 112 g/mol. The van der Waals surface area contributed by atoms with E-state index in [2.05, 4.69) is 0 Å². The third-order valence-corrected chi connectivity index (χ3v) is 3.95. The molecule has 0 aromatic rings. The maximum atomic E-state index is 9.01.